The molecule has 0 heterocycles. The summed E-state index contributed by atoms with van der Waals surface area (Å²) in [6.07, 6.45) is 0.885. The summed E-state index contributed by atoms with van der Waals surface area (Å²) in [6, 6.07) is 4.08. The van der Waals surface area contributed by atoms with Crippen molar-refractivity contribution in [1.82, 2.24) is 5.43 Å². The number of amides is 1. The quantitative estimate of drug-likeness (QED) is 0.203. The highest BCUT2D eigenvalue weighted by molar-refractivity contribution is 5.94. The Balaban J connectivity index is 2.91. The molecule has 0 aliphatic heterocycles. The van der Waals surface area contributed by atoms with E-state index in [2.05, 4.69) is 13.8 Å². The van der Waals surface area contributed by atoms with Gasteiger partial charge in [-0.1, -0.05) is 13.8 Å². The Morgan fingerprint density at radius 2 is 2.00 bits per heavy atom. The number of nitrogens with two attached hydrogens (primary N) is 2. The lowest BCUT2D eigenvalue weighted by molar-refractivity contribution is 0.0953. The first-order valence-electron chi connectivity index (χ1n) is 6.23. The van der Waals surface area contributed by atoms with Crippen molar-refractivity contribution >= 4 is 11.9 Å². The molecule has 6 N–H and O–H groups in total. The van der Waals surface area contributed by atoms with E-state index >= 15 is 0 Å². The Morgan fingerprint density at radius 3 is 2.55 bits per heavy atom. The van der Waals surface area contributed by atoms with E-state index in [-0.39, 0.29) is 11.3 Å². The predicted octanol–water partition coefficient (Wildman–Crippen LogP) is 0.987. The molecule has 0 saturated heterocycles. The second kappa shape index (κ2) is 7.34. The molecule has 0 atom stereocenters. The molecule has 1 aromatic rings. The summed E-state index contributed by atoms with van der Waals surface area (Å²) in [6.45, 7) is 4.70. The standard InChI is InChI=1S/C13H20N4O3/c1-8(2)3-4-19-10-5-9(12(18)17-16)6-11(7-10)20-13(14)15/h5-8H,3-4,16H2,1-2H3,(H3,14,15)(H,17,18). The van der Waals surface area contributed by atoms with Crippen LogP contribution in [-0.4, -0.2) is 18.5 Å². The van der Waals surface area contributed by atoms with Gasteiger partial charge in [-0.25, -0.2) is 5.84 Å². The number of rotatable bonds is 6. The molecule has 0 radical (unpaired) electrons. The lowest BCUT2D eigenvalue weighted by Crippen LogP contribution is -2.30. The molecule has 1 aromatic carbocycles. The van der Waals surface area contributed by atoms with Gasteiger partial charge in [-0.15, -0.1) is 0 Å². The van der Waals surface area contributed by atoms with E-state index in [1.807, 2.05) is 5.43 Å². The normalized spacial score (nSPS) is 10.2. The Morgan fingerprint density at radius 1 is 1.35 bits per heavy atom. The zero-order valence-corrected chi connectivity index (χ0v) is 11.6. The van der Waals surface area contributed by atoms with Crippen LogP contribution in [0.25, 0.3) is 0 Å². The minimum absolute atomic E-state index is 0.248. The van der Waals surface area contributed by atoms with Crippen molar-refractivity contribution in [2.45, 2.75) is 20.3 Å². The van der Waals surface area contributed by atoms with Crippen molar-refractivity contribution in [1.29, 1.82) is 5.41 Å². The molecule has 1 amide bonds. The van der Waals surface area contributed by atoms with Crippen LogP contribution in [0, 0.1) is 11.3 Å². The molecular formula is C13H20N4O3. The second-order valence-corrected chi connectivity index (χ2v) is 4.66. The molecule has 20 heavy (non-hydrogen) atoms. The van der Waals surface area contributed by atoms with E-state index < -0.39 is 11.9 Å². The molecule has 0 spiro atoms. The molecule has 0 aliphatic carbocycles. The fraction of sp³-hybridized carbons (Fsp3) is 0.385. The number of hydrazine groups is 1. The van der Waals surface area contributed by atoms with Crippen LogP contribution in [0.3, 0.4) is 0 Å². The number of amidine groups is 1. The number of carbonyl (C=O) groups excluding carboxylic acids is 1. The van der Waals surface area contributed by atoms with E-state index in [9.17, 15) is 4.79 Å². The average Bonchev–Trinajstić information content (AvgIpc) is 2.36. The lowest BCUT2D eigenvalue weighted by Gasteiger charge is -2.11. The van der Waals surface area contributed by atoms with E-state index in [1.54, 1.807) is 12.1 Å². The maximum Gasteiger partial charge on any atom is 0.284 e. The minimum atomic E-state index is -0.479. The van der Waals surface area contributed by atoms with Gasteiger partial charge in [0.2, 0.25) is 0 Å². The topological polar surface area (TPSA) is 123 Å². The summed E-state index contributed by atoms with van der Waals surface area (Å²) in [5, 5.41) is 7.11. The fourth-order valence-electron chi connectivity index (χ4n) is 1.47. The highest BCUT2D eigenvalue weighted by Crippen LogP contribution is 2.23. The molecular weight excluding hydrogens is 260 g/mol. The number of hydrogen-bond acceptors (Lipinski definition) is 5. The summed E-state index contributed by atoms with van der Waals surface area (Å²) in [7, 11) is 0. The van der Waals surface area contributed by atoms with E-state index in [0.29, 0.717) is 18.3 Å². The van der Waals surface area contributed by atoms with Gasteiger partial charge in [0.25, 0.3) is 11.9 Å². The monoisotopic (exact) mass is 280 g/mol. The van der Waals surface area contributed by atoms with Gasteiger partial charge in [-0.3, -0.25) is 15.6 Å². The Labute approximate surface area is 117 Å². The molecule has 0 aromatic heterocycles. The van der Waals surface area contributed by atoms with Gasteiger partial charge in [0.1, 0.15) is 11.5 Å². The first kappa shape index (κ1) is 15.8. The number of ether oxygens (including phenoxy) is 2. The van der Waals surface area contributed by atoms with Gasteiger partial charge < -0.3 is 15.2 Å². The Bertz CT molecular complexity index is 489. The van der Waals surface area contributed by atoms with Crippen molar-refractivity contribution in [3.8, 4) is 11.5 Å². The second-order valence-electron chi connectivity index (χ2n) is 4.66. The zero-order chi connectivity index (χ0) is 15.1. The molecule has 7 nitrogen and oxygen atoms in total. The predicted molar refractivity (Wildman–Crippen MR) is 75.6 cm³/mol. The molecule has 7 heteroatoms. The molecule has 0 saturated carbocycles. The summed E-state index contributed by atoms with van der Waals surface area (Å²) in [5.41, 5.74) is 7.47. The van der Waals surface area contributed by atoms with Gasteiger partial charge in [-0.05, 0) is 24.5 Å². The van der Waals surface area contributed by atoms with Crippen molar-refractivity contribution < 1.29 is 14.3 Å². The van der Waals surface area contributed by atoms with Crippen LogP contribution in [0.1, 0.15) is 30.6 Å². The van der Waals surface area contributed by atoms with E-state index in [4.69, 9.17) is 26.5 Å². The lowest BCUT2D eigenvalue weighted by atomic mass is 10.1. The summed E-state index contributed by atoms with van der Waals surface area (Å²) in [4.78, 5) is 11.6. The fourth-order valence-corrected chi connectivity index (χ4v) is 1.47. The summed E-state index contributed by atoms with van der Waals surface area (Å²) >= 11 is 0. The zero-order valence-electron chi connectivity index (χ0n) is 11.6. The van der Waals surface area contributed by atoms with Gasteiger partial charge in [0, 0.05) is 11.6 Å². The first-order valence-corrected chi connectivity index (χ1v) is 6.23. The number of nitrogen functional groups attached to an aromatic ring is 1. The molecule has 0 bridgehead atoms. The van der Waals surface area contributed by atoms with E-state index in [0.717, 1.165) is 6.42 Å². The SMILES string of the molecule is CC(C)CCOc1cc(OC(=N)N)cc(C(=O)NN)c1. The molecule has 1 rings (SSSR count). The van der Waals surface area contributed by atoms with Crippen LogP contribution in [0.2, 0.25) is 0 Å². The van der Waals surface area contributed by atoms with Crippen LogP contribution in [0.4, 0.5) is 0 Å². The van der Waals surface area contributed by atoms with Crippen molar-refractivity contribution in [3.05, 3.63) is 23.8 Å². The number of benzene rings is 1. The maximum absolute atomic E-state index is 11.6. The molecule has 0 fully saturated rings. The number of nitrogens with one attached hydrogen (secondary N) is 2. The number of hydrogen-bond donors (Lipinski definition) is 4. The van der Waals surface area contributed by atoms with E-state index in [1.165, 1.54) is 6.07 Å². The van der Waals surface area contributed by atoms with Crippen molar-refractivity contribution in [3.63, 3.8) is 0 Å². The average molecular weight is 280 g/mol. The Hall–Kier alpha value is -2.28. The van der Waals surface area contributed by atoms with Crippen molar-refractivity contribution in [2.24, 2.45) is 17.5 Å². The third kappa shape index (κ3) is 5.15. The van der Waals surface area contributed by atoms with Gasteiger partial charge in [0.15, 0.2) is 0 Å². The van der Waals surface area contributed by atoms with Gasteiger partial charge >= 0.3 is 0 Å². The third-order valence-corrected chi connectivity index (χ3v) is 2.47. The summed E-state index contributed by atoms with van der Waals surface area (Å²) in [5.74, 6) is 5.84. The van der Waals surface area contributed by atoms with Crippen LogP contribution in [0.15, 0.2) is 18.2 Å². The number of carbonyl (C=O) groups is 1. The Kier molecular flexibility index (Phi) is 5.79. The van der Waals surface area contributed by atoms with Crippen molar-refractivity contribution in [2.75, 3.05) is 6.61 Å². The highest BCUT2D eigenvalue weighted by atomic mass is 16.5. The summed E-state index contributed by atoms with van der Waals surface area (Å²) < 4.78 is 10.5. The van der Waals surface area contributed by atoms with Gasteiger partial charge in [0.05, 0.1) is 6.61 Å². The third-order valence-electron chi connectivity index (χ3n) is 2.47. The largest absolute Gasteiger partial charge is 0.493 e. The molecule has 110 valence electrons. The van der Waals surface area contributed by atoms with Crippen LogP contribution in [-0.2, 0) is 0 Å². The molecule has 0 unspecified atom stereocenters. The van der Waals surface area contributed by atoms with Gasteiger partial charge in [-0.2, -0.15) is 0 Å². The maximum atomic E-state index is 11.6. The van der Waals surface area contributed by atoms with Crippen LogP contribution in [0.5, 0.6) is 11.5 Å². The molecule has 0 aliphatic rings. The first-order chi connectivity index (χ1) is 9.42. The smallest absolute Gasteiger partial charge is 0.284 e. The highest BCUT2D eigenvalue weighted by Gasteiger charge is 2.10. The van der Waals surface area contributed by atoms with Crippen LogP contribution < -0.4 is 26.5 Å². The minimum Gasteiger partial charge on any atom is -0.493 e. The van der Waals surface area contributed by atoms with Crippen LogP contribution >= 0.6 is 0 Å².